The van der Waals surface area contributed by atoms with Gasteiger partial charge in [0.2, 0.25) is 0 Å². The fourth-order valence-electron chi connectivity index (χ4n) is 1.97. The Morgan fingerprint density at radius 1 is 0.958 bits per heavy atom. The van der Waals surface area contributed by atoms with Gasteiger partial charge in [0.05, 0.1) is 22.3 Å². The van der Waals surface area contributed by atoms with E-state index in [0.717, 1.165) is 0 Å². The zero-order valence-electron chi connectivity index (χ0n) is 12.3. The van der Waals surface area contributed by atoms with Gasteiger partial charge in [-0.2, -0.15) is 0 Å². The lowest BCUT2D eigenvalue weighted by atomic mass is 10.2. The molecule has 0 aliphatic rings. The lowest BCUT2D eigenvalue weighted by Gasteiger charge is -2.07. The number of halogens is 1. The second kappa shape index (κ2) is 7.01. The van der Waals surface area contributed by atoms with E-state index in [-0.39, 0.29) is 11.5 Å². The van der Waals surface area contributed by atoms with Crippen molar-refractivity contribution in [2.24, 2.45) is 0 Å². The fourth-order valence-corrected chi connectivity index (χ4v) is 2.59. The molecule has 0 atom stereocenters. The van der Waals surface area contributed by atoms with Crippen molar-refractivity contribution in [1.29, 1.82) is 0 Å². The summed E-state index contributed by atoms with van der Waals surface area (Å²) in [5, 5.41) is 7.02. The van der Waals surface area contributed by atoms with Crippen molar-refractivity contribution in [2.75, 3.05) is 10.6 Å². The molecule has 0 spiro atoms. The number of thiophene rings is 1. The average molecular weight is 341 g/mol. The molecule has 7 heteroatoms. The molecule has 0 aliphatic carbocycles. The zero-order valence-corrected chi connectivity index (χ0v) is 13.1. The fraction of sp³-hybridized carbons (Fsp3) is 0. The maximum atomic E-state index is 13.6. The number of carbonyl (C=O) groups is 2. The van der Waals surface area contributed by atoms with E-state index in [0.29, 0.717) is 16.4 Å². The minimum absolute atomic E-state index is 0.0485. The summed E-state index contributed by atoms with van der Waals surface area (Å²) in [4.78, 5) is 28.6. The molecule has 0 aliphatic heterocycles. The van der Waals surface area contributed by atoms with E-state index in [1.807, 2.05) is 5.38 Å². The van der Waals surface area contributed by atoms with Crippen molar-refractivity contribution in [1.82, 2.24) is 4.98 Å². The molecule has 24 heavy (non-hydrogen) atoms. The van der Waals surface area contributed by atoms with Crippen LogP contribution in [0.5, 0.6) is 0 Å². The van der Waals surface area contributed by atoms with Crippen molar-refractivity contribution < 1.29 is 14.0 Å². The first-order valence-corrected chi connectivity index (χ1v) is 7.88. The van der Waals surface area contributed by atoms with Crippen LogP contribution in [0, 0.1) is 5.82 Å². The number of rotatable bonds is 4. The van der Waals surface area contributed by atoms with Crippen LogP contribution in [0.2, 0.25) is 0 Å². The molecule has 0 fully saturated rings. The van der Waals surface area contributed by atoms with Crippen LogP contribution in [0.4, 0.5) is 15.9 Å². The largest absolute Gasteiger partial charge is 0.320 e. The lowest BCUT2D eigenvalue weighted by molar-refractivity contribution is 0.101. The van der Waals surface area contributed by atoms with Crippen LogP contribution in [-0.4, -0.2) is 16.8 Å². The first-order valence-electron chi connectivity index (χ1n) is 7.00. The second-order valence-electron chi connectivity index (χ2n) is 4.80. The van der Waals surface area contributed by atoms with Gasteiger partial charge >= 0.3 is 0 Å². The van der Waals surface area contributed by atoms with Gasteiger partial charge in [0.25, 0.3) is 11.8 Å². The zero-order chi connectivity index (χ0) is 16.9. The van der Waals surface area contributed by atoms with E-state index in [9.17, 15) is 14.0 Å². The SMILES string of the molecule is O=C(Nc1ccc(NC(=O)c2ccccc2F)cn1)c1cccs1. The van der Waals surface area contributed by atoms with Gasteiger partial charge in [-0.25, -0.2) is 9.37 Å². The highest BCUT2D eigenvalue weighted by atomic mass is 32.1. The lowest BCUT2D eigenvalue weighted by Crippen LogP contribution is -2.14. The van der Waals surface area contributed by atoms with Crippen LogP contribution >= 0.6 is 11.3 Å². The van der Waals surface area contributed by atoms with E-state index in [1.54, 1.807) is 30.3 Å². The van der Waals surface area contributed by atoms with E-state index >= 15 is 0 Å². The summed E-state index contributed by atoms with van der Waals surface area (Å²) in [5.74, 6) is -1.05. The molecule has 0 unspecified atom stereocenters. The molecule has 0 saturated carbocycles. The predicted octanol–water partition coefficient (Wildman–Crippen LogP) is 3.79. The highest BCUT2D eigenvalue weighted by Crippen LogP contribution is 2.15. The maximum absolute atomic E-state index is 13.6. The molecule has 2 N–H and O–H groups in total. The van der Waals surface area contributed by atoms with Crippen LogP contribution in [-0.2, 0) is 0 Å². The van der Waals surface area contributed by atoms with Crippen molar-refractivity contribution in [3.05, 3.63) is 76.4 Å². The summed E-state index contributed by atoms with van der Waals surface area (Å²) in [6.07, 6.45) is 1.39. The number of carbonyl (C=O) groups excluding carboxylic acids is 2. The minimum atomic E-state index is -0.595. The summed E-state index contributed by atoms with van der Waals surface area (Å²) in [7, 11) is 0. The van der Waals surface area contributed by atoms with E-state index in [2.05, 4.69) is 15.6 Å². The molecular weight excluding hydrogens is 329 g/mol. The smallest absolute Gasteiger partial charge is 0.266 e. The van der Waals surface area contributed by atoms with Gasteiger partial charge < -0.3 is 10.6 Å². The molecule has 2 aromatic heterocycles. The molecule has 0 radical (unpaired) electrons. The number of hydrogen-bond acceptors (Lipinski definition) is 4. The first kappa shape index (κ1) is 15.8. The average Bonchev–Trinajstić information content (AvgIpc) is 3.11. The summed E-state index contributed by atoms with van der Waals surface area (Å²) in [6, 6.07) is 12.3. The third-order valence-corrected chi connectivity index (χ3v) is 4.00. The number of aromatic nitrogens is 1. The van der Waals surface area contributed by atoms with Crippen molar-refractivity contribution in [2.45, 2.75) is 0 Å². The molecule has 0 saturated heterocycles. The Hall–Kier alpha value is -3.06. The number of anilines is 2. The molecule has 120 valence electrons. The number of nitrogens with zero attached hydrogens (tertiary/aromatic N) is 1. The van der Waals surface area contributed by atoms with Gasteiger partial charge in [-0.05, 0) is 35.7 Å². The van der Waals surface area contributed by atoms with Crippen molar-refractivity contribution in [3.8, 4) is 0 Å². The van der Waals surface area contributed by atoms with E-state index < -0.39 is 11.7 Å². The number of pyridine rings is 1. The Labute approximate surface area is 141 Å². The van der Waals surface area contributed by atoms with Crippen LogP contribution < -0.4 is 10.6 Å². The minimum Gasteiger partial charge on any atom is -0.320 e. The van der Waals surface area contributed by atoms with Gasteiger partial charge in [0.1, 0.15) is 11.6 Å². The topological polar surface area (TPSA) is 71.1 Å². The molecule has 1 aromatic carbocycles. The standard InChI is InChI=1S/C17H12FN3O2S/c18-13-5-2-1-4-12(13)16(22)20-11-7-8-15(19-10-11)21-17(23)14-6-3-9-24-14/h1-10H,(H,20,22)(H,19,21,23). The van der Waals surface area contributed by atoms with Gasteiger partial charge in [0, 0.05) is 0 Å². The highest BCUT2D eigenvalue weighted by Gasteiger charge is 2.11. The second-order valence-corrected chi connectivity index (χ2v) is 5.75. The monoisotopic (exact) mass is 341 g/mol. The Morgan fingerprint density at radius 2 is 1.79 bits per heavy atom. The maximum Gasteiger partial charge on any atom is 0.266 e. The summed E-state index contributed by atoms with van der Waals surface area (Å²) in [6.45, 7) is 0. The Bertz CT molecular complexity index is 864. The van der Waals surface area contributed by atoms with Gasteiger partial charge in [-0.1, -0.05) is 18.2 Å². The van der Waals surface area contributed by atoms with Crippen LogP contribution in [0.1, 0.15) is 20.0 Å². The Balaban J connectivity index is 1.65. The third-order valence-electron chi connectivity index (χ3n) is 3.13. The number of amides is 2. The highest BCUT2D eigenvalue weighted by molar-refractivity contribution is 7.12. The molecule has 3 aromatic rings. The van der Waals surface area contributed by atoms with Crippen molar-refractivity contribution in [3.63, 3.8) is 0 Å². The van der Waals surface area contributed by atoms with Gasteiger partial charge in [-0.15, -0.1) is 11.3 Å². The summed E-state index contributed by atoms with van der Waals surface area (Å²) < 4.78 is 13.6. The van der Waals surface area contributed by atoms with E-state index in [1.165, 1.54) is 35.7 Å². The molecular formula is C17H12FN3O2S. The molecule has 5 nitrogen and oxygen atoms in total. The van der Waals surface area contributed by atoms with E-state index in [4.69, 9.17) is 0 Å². The van der Waals surface area contributed by atoms with Crippen molar-refractivity contribution >= 4 is 34.7 Å². The number of hydrogen-bond donors (Lipinski definition) is 2. The van der Waals surface area contributed by atoms with Gasteiger partial charge in [0.15, 0.2) is 0 Å². The molecule has 2 heterocycles. The molecule has 3 rings (SSSR count). The van der Waals surface area contributed by atoms with Gasteiger partial charge in [-0.3, -0.25) is 9.59 Å². The predicted molar refractivity (Wildman–Crippen MR) is 90.9 cm³/mol. The Kier molecular flexibility index (Phi) is 4.62. The molecule has 2 amide bonds. The van der Waals surface area contributed by atoms with Crippen LogP contribution in [0.3, 0.4) is 0 Å². The number of nitrogens with one attached hydrogen (secondary N) is 2. The third kappa shape index (κ3) is 3.64. The molecule has 0 bridgehead atoms. The summed E-state index contributed by atoms with van der Waals surface area (Å²) >= 11 is 1.33. The first-order chi connectivity index (χ1) is 11.6. The van der Waals surface area contributed by atoms with Crippen LogP contribution in [0.25, 0.3) is 0 Å². The summed E-state index contributed by atoms with van der Waals surface area (Å²) in [5.41, 5.74) is 0.352. The Morgan fingerprint density at radius 3 is 2.46 bits per heavy atom. The van der Waals surface area contributed by atoms with Crippen LogP contribution in [0.15, 0.2) is 60.1 Å². The normalized spacial score (nSPS) is 10.2. The number of benzene rings is 1. The quantitative estimate of drug-likeness (QED) is 0.758.